The van der Waals surface area contributed by atoms with Crippen LogP contribution in [0.4, 0.5) is 26.3 Å². The molecule has 0 aliphatic carbocycles. The van der Waals surface area contributed by atoms with Crippen molar-refractivity contribution in [3.05, 3.63) is 0 Å². The van der Waals surface area contributed by atoms with E-state index >= 15 is 0 Å². The van der Waals surface area contributed by atoms with Crippen molar-refractivity contribution in [1.29, 1.82) is 0 Å². The first-order chi connectivity index (χ1) is 7.08. The SMILES string of the molecule is CCOC(CC(F)(F)F)(OCC)C(F)(F)F. The van der Waals surface area contributed by atoms with Crippen LogP contribution in [0.15, 0.2) is 0 Å². The van der Waals surface area contributed by atoms with Gasteiger partial charge in [-0.3, -0.25) is 0 Å². The Morgan fingerprint density at radius 1 is 0.812 bits per heavy atom. The Kier molecular flexibility index (Phi) is 5.06. The van der Waals surface area contributed by atoms with Gasteiger partial charge in [0.2, 0.25) is 0 Å². The minimum absolute atomic E-state index is 0.532. The molecule has 0 amide bonds. The van der Waals surface area contributed by atoms with Gasteiger partial charge in [-0.2, -0.15) is 26.3 Å². The molecule has 0 aliphatic heterocycles. The van der Waals surface area contributed by atoms with Crippen molar-refractivity contribution in [3.63, 3.8) is 0 Å². The fourth-order valence-corrected chi connectivity index (χ4v) is 1.14. The summed E-state index contributed by atoms with van der Waals surface area (Å²) in [4.78, 5) is 0. The van der Waals surface area contributed by atoms with Gasteiger partial charge in [0, 0.05) is 13.2 Å². The van der Waals surface area contributed by atoms with E-state index in [-0.39, 0.29) is 0 Å². The molecule has 0 bridgehead atoms. The van der Waals surface area contributed by atoms with Crippen molar-refractivity contribution >= 4 is 0 Å². The van der Waals surface area contributed by atoms with Crippen LogP contribution in [0.25, 0.3) is 0 Å². The van der Waals surface area contributed by atoms with Crippen molar-refractivity contribution in [1.82, 2.24) is 0 Å². The third-order valence-corrected chi connectivity index (χ3v) is 1.62. The predicted octanol–water partition coefficient (Wildman–Crippen LogP) is 3.27. The Morgan fingerprint density at radius 2 is 1.19 bits per heavy atom. The largest absolute Gasteiger partial charge is 0.443 e. The maximum Gasteiger partial charge on any atom is 0.443 e. The molecule has 0 aromatic heterocycles. The molecule has 0 saturated carbocycles. The van der Waals surface area contributed by atoms with Gasteiger partial charge in [-0.05, 0) is 13.8 Å². The fraction of sp³-hybridized carbons (Fsp3) is 1.00. The van der Waals surface area contributed by atoms with E-state index in [1.807, 2.05) is 0 Å². The lowest BCUT2D eigenvalue weighted by atomic mass is 10.1. The molecule has 0 aromatic carbocycles. The van der Waals surface area contributed by atoms with E-state index in [0.29, 0.717) is 0 Å². The van der Waals surface area contributed by atoms with Crippen LogP contribution >= 0.6 is 0 Å². The second kappa shape index (κ2) is 5.22. The lowest BCUT2D eigenvalue weighted by Crippen LogP contribution is -2.52. The van der Waals surface area contributed by atoms with Crippen LogP contribution in [-0.4, -0.2) is 31.4 Å². The van der Waals surface area contributed by atoms with E-state index in [4.69, 9.17) is 0 Å². The van der Waals surface area contributed by atoms with E-state index in [1.165, 1.54) is 0 Å². The summed E-state index contributed by atoms with van der Waals surface area (Å²) in [6.07, 6.45) is -12.5. The molecule has 0 rings (SSSR count). The molecule has 0 aliphatic rings. The second-order valence-corrected chi connectivity index (χ2v) is 2.91. The van der Waals surface area contributed by atoms with E-state index in [2.05, 4.69) is 9.47 Å². The van der Waals surface area contributed by atoms with Crippen LogP contribution in [0.1, 0.15) is 20.3 Å². The molecular formula is C8H12F6O2. The average Bonchev–Trinajstić information content (AvgIpc) is 1.99. The molecule has 0 unspecified atom stereocenters. The second-order valence-electron chi connectivity index (χ2n) is 2.91. The smallest absolute Gasteiger partial charge is 0.343 e. The molecule has 0 fully saturated rings. The standard InChI is InChI=1S/C8H12F6O2/c1-3-15-6(16-4-2,8(12,13)14)5-7(9,10)11/h3-5H2,1-2H3. The third kappa shape index (κ3) is 4.17. The van der Waals surface area contributed by atoms with Crippen molar-refractivity contribution in [3.8, 4) is 0 Å². The topological polar surface area (TPSA) is 18.5 Å². The number of hydrogen-bond donors (Lipinski definition) is 0. The van der Waals surface area contributed by atoms with E-state index in [9.17, 15) is 26.3 Å². The molecule has 16 heavy (non-hydrogen) atoms. The number of rotatable bonds is 5. The number of alkyl halides is 6. The van der Waals surface area contributed by atoms with Gasteiger partial charge < -0.3 is 9.47 Å². The highest BCUT2D eigenvalue weighted by molar-refractivity contribution is 4.82. The van der Waals surface area contributed by atoms with Crippen molar-refractivity contribution in [2.75, 3.05) is 13.2 Å². The monoisotopic (exact) mass is 254 g/mol. The molecule has 0 aromatic rings. The van der Waals surface area contributed by atoms with Crippen LogP contribution in [-0.2, 0) is 9.47 Å². The van der Waals surface area contributed by atoms with Crippen LogP contribution in [0.2, 0.25) is 0 Å². The summed E-state index contributed by atoms with van der Waals surface area (Å²) in [6.45, 7) is 1.26. The lowest BCUT2D eigenvalue weighted by Gasteiger charge is -2.35. The Hall–Kier alpha value is -0.500. The van der Waals surface area contributed by atoms with Gasteiger partial charge in [0.25, 0.3) is 5.79 Å². The molecular weight excluding hydrogens is 242 g/mol. The van der Waals surface area contributed by atoms with Gasteiger partial charge in [0.15, 0.2) is 0 Å². The highest BCUT2D eigenvalue weighted by Crippen LogP contribution is 2.42. The minimum Gasteiger partial charge on any atom is -0.343 e. The lowest BCUT2D eigenvalue weighted by molar-refractivity contribution is -0.401. The molecule has 8 heteroatoms. The van der Waals surface area contributed by atoms with Gasteiger partial charge in [0.1, 0.15) is 6.42 Å². The van der Waals surface area contributed by atoms with E-state index in [1.54, 1.807) is 0 Å². The molecule has 0 N–H and O–H groups in total. The summed E-state index contributed by atoms with van der Waals surface area (Å²) in [6, 6.07) is 0. The van der Waals surface area contributed by atoms with Gasteiger partial charge in [-0.15, -0.1) is 0 Å². The molecule has 0 spiro atoms. The molecule has 0 atom stereocenters. The zero-order valence-electron chi connectivity index (χ0n) is 8.71. The van der Waals surface area contributed by atoms with Crippen LogP contribution in [0, 0.1) is 0 Å². The zero-order chi connectivity index (χ0) is 13.0. The summed E-state index contributed by atoms with van der Waals surface area (Å²) in [5.74, 6) is -3.60. The molecule has 0 radical (unpaired) electrons. The fourth-order valence-electron chi connectivity index (χ4n) is 1.14. The minimum atomic E-state index is -5.24. The van der Waals surface area contributed by atoms with Gasteiger partial charge >= 0.3 is 12.4 Å². The van der Waals surface area contributed by atoms with Gasteiger partial charge in [-0.25, -0.2) is 0 Å². The normalized spacial score (nSPS) is 14.2. The van der Waals surface area contributed by atoms with Crippen molar-refractivity contribution in [2.45, 2.75) is 38.4 Å². The Morgan fingerprint density at radius 3 is 1.38 bits per heavy atom. The summed E-state index contributed by atoms with van der Waals surface area (Å²) in [5, 5.41) is 0. The number of ether oxygens (including phenoxy) is 2. The molecule has 0 saturated heterocycles. The first-order valence-electron chi connectivity index (χ1n) is 4.49. The first-order valence-corrected chi connectivity index (χ1v) is 4.49. The van der Waals surface area contributed by atoms with Crippen LogP contribution in [0.3, 0.4) is 0 Å². The zero-order valence-corrected chi connectivity index (χ0v) is 8.71. The first kappa shape index (κ1) is 15.5. The number of halogens is 6. The van der Waals surface area contributed by atoms with Gasteiger partial charge in [-0.1, -0.05) is 0 Å². The van der Waals surface area contributed by atoms with E-state index < -0.39 is 37.8 Å². The summed E-state index contributed by atoms with van der Waals surface area (Å²) < 4.78 is 82.1. The van der Waals surface area contributed by atoms with Crippen LogP contribution < -0.4 is 0 Å². The predicted molar refractivity (Wildman–Crippen MR) is 42.7 cm³/mol. The van der Waals surface area contributed by atoms with E-state index in [0.717, 1.165) is 13.8 Å². The highest BCUT2D eigenvalue weighted by Gasteiger charge is 2.62. The molecule has 0 heterocycles. The van der Waals surface area contributed by atoms with Gasteiger partial charge in [0.05, 0.1) is 0 Å². The number of hydrogen-bond acceptors (Lipinski definition) is 2. The Balaban J connectivity index is 5.09. The average molecular weight is 254 g/mol. The highest BCUT2D eigenvalue weighted by atomic mass is 19.4. The third-order valence-electron chi connectivity index (χ3n) is 1.62. The van der Waals surface area contributed by atoms with Crippen molar-refractivity contribution < 1.29 is 35.8 Å². The quantitative estimate of drug-likeness (QED) is 0.553. The maximum absolute atomic E-state index is 12.5. The molecule has 2 nitrogen and oxygen atoms in total. The Labute approximate surface area is 88.5 Å². The summed E-state index contributed by atoms with van der Waals surface area (Å²) in [5.41, 5.74) is 0. The van der Waals surface area contributed by atoms with Crippen LogP contribution in [0.5, 0.6) is 0 Å². The molecule has 98 valence electrons. The Bertz CT molecular complexity index is 204. The summed E-state index contributed by atoms with van der Waals surface area (Å²) >= 11 is 0. The maximum atomic E-state index is 12.5. The van der Waals surface area contributed by atoms with Crippen molar-refractivity contribution in [2.24, 2.45) is 0 Å². The summed E-state index contributed by atoms with van der Waals surface area (Å²) in [7, 11) is 0.